The van der Waals surface area contributed by atoms with E-state index in [0.29, 0.717) is 0 Å². The van der Waals surface area contributed by atoms with Crippen LogP contribution in [0.4, 0.5) is 0 Å². The van der Waals surface area contributed by atoms with Gasteiger partial charge in [0.15, 0.2) is 0 Å². The molecule has 0 bridgehead atoms. The minimum Gasteiger partial charge on any atom is -0.481 e. The van der Waals surface area contributed by atoms with Gasteiger partial charge in [-0.25, -0.2) is 0 Å². The maximum Gasteiger partial charge on any atom is 0.305 e. The van der Waals surface area contributed by atoms with E-state index in [1.54, 1.807) is 7.05 Å². The molecule has 88 valence electrons. The molecule has 0 heterocycles. The first-order valence-electron chi connectivity index (χ1n) is 5.48. The normalized spacial score (nSPS) is 18.5. The standard InChI is InChI=1S/C12H17NO3/c1-3-10(14)13(2)12(9-11(15)16)7-5-4-6-8-12/h1H,4-9H2,2H3,(H,15,16). The number of carboxylic acid groups (broad SMARTS) is 1. The van der Waals surface area contributed by atoms with Crippen LogP contribution in [-0.2, 0) is 9.59 Å². The Morgan fingerprint density at radius 1 is 1.38 bits per heavy atom. The molecule has 0 aromatic heterocycles. The molecule has 1 aliphatic carbocycles. The van der Waals surface area contributed by atoms with E-state index in [1.165, 1.54) is 4.90 Å². The lowest BCUT2D eigenvalue weighted by Gasteiger charge is -2.43. The average Bonchev–Trinajstić information content (AvgIpc) is 2.27. The molecule has 4 heteroatoms. The van der Waals surface area contributed by atoms with E-state index < -0.39 is 17.4 Å². The highest BCUT2D eigenvalue weighted by Gasteiger charge is 2.39. The van der Waals surface area contributed by atoms with Gasteiger partial charge in [-0.2, -0.15) is 0 Å². The molecule has 0 unspecified atom stereocenters. The number of hydrogen-bond donors (Lipinski definition) is 1. The third kappa shape index (κ3) is 2.54. The van der Waals surface area contributed by atoms with Crippen LogP contribution in [0.3, 0.4) is 0 Å². The third-order valence-corrected chi connectivity index (χ3v) is 3.40. The van der Waals surface area contributed by atoms with Gasteiger partial charge in [-0.3, -0.25) is 9.59 Å². The van der Waals surface area contributed by atoms with Gasteiger partial charge in [-0.05, 0) is 18.8 Å². The van der Waals surface area contributed by atoms with Crippen molar-refractivity contribution in [2.45, 2.75) is 44.1 Å². The summed E-state index contributed by atoms with van der Waals surface area (Å²) in [5.74, 6) is 0.750. The molecule has 0 saturated heterocycles. The SMILES string of the molecule is C#CC(=O)N(C)C1(CC(=O)O)CCCCC1. The number of nitrogens with zero attached hydrogens (tertiary/aromatic N) is 1. The maximum atomic E-state index is 11.5. The Morgan fingerprint density at radius 3 is 2.38 bits per heavy atom. The van der Waals surface area contributed by atoms with Crippen molar-refractivity contribution in [3.8, 4) is 12.3 Å². The summed E-state index contributed by atoms with van der Waals surface area (Å²) in [6.45, 7) is 0. The van der Waals surface area contributed by atoms with Crippen LogP contribution in [0.15, 0.2) is 0 Å². The summed E-state index contributed by atoms with van der Waals surface area (Å²) in [6.07, 6.45) is 9.52. The van der Waals surface area contributed by atoms with Crippen LogP contribution in [0.5, 0.6) is 0 Å². The van der Waals surface area contributed by atoms with Gasteiger partial charge in [-0.1, -0.05) is 19.3 Å². The van der Waals surface area contributed by atoms with Gasteiger partial charge in [0.1, 0.15) is 0 Å². The van der Waals surface area contributed by atoms with E-state index in [4.69, 9.17) is 11.5 Å². The van der Waals surface area contributed by atoms with E-state index in [0.717, 1.165) is 32.1 Å². The summed E-state index contributed by atoms with van der Waals surface area (Å²) in [6, 6.07) is 0. The van der Waals surface area contributed by atoms with Crippen molar-refractivity contribution in [1.82, 2.24) is 4.90 Å². The summed E-state index contributed by atoms with van der Waals surface area (Å²) in [4.78, 5) is 23.8. The summed E-state index contributed by atoms with van der Waals surface area (Å²) >= 11 is 0. The molecule has 4 nitrogen and oxygen atoms in total. The lowest BCUT2D eigenvalue weighted by Crippen LogP contribution is -2.51. The Kier molecular flexibility index (Phi) is 3.94. The summed E-state index contributed by atoms with van der Waals surface area (Å²) in [7, 11) is 1.61. The molecule has 1 amide bonds. The average molecular weight is 223 g/mol. The number of hydrogen-bond acceptors (Lipinski definition) is 2. The Labute approximate surface area is 95.6 Å². The zero-order valence-electron chi connectivity index (χ0n) is 9.53. The molecule has 1 rings (SSSR count). The molecule has 0 radical (unpaired) electrons. The summed E-state index contributed by atoms with van der Waals surface area (Å²) in [5.41, 5.74) is -0.576. The number of aliphatic carboxylic acids is 1. The zero-order valence-corrected chi connectivity index (χ0v) is 9.53. The van der Waals surface area contributed by atoms with Crippen LogP contribution in [0, 0.1) is 12.3 Å². The van der Waals surface area contributed by atoms with Crippen LogP contribution < -0.4 is 0 Å². The van der Waals surface area contributed by atoms with Crippen LogP contribution in [-0.4, -0.2) is 34.5 Å². The zero-order chi connectivity index (χ0) is 12.2. The van der Waals surface area contributed by atoms with Crippen LogP contribution in [0.1, 0.15) is 38.5 Å². The largest absolute Gasteiger partial charge is 0.481 e. The second kappa shape index (κ2) is 5.02. The molecular formula is C12H17NO3. The van der Waals surface area contributed by atoms with Crippen molar-refractivity contribution in [2.75, 3.05) is 7.05 Å². The van der Waals surface area contributed by atoms with Crippen molar-refractivity contribution < 1.29 is 14.7 Å². The third-order valence-electron chi connectivity index (χ3n) is 3.40. The summed E-state index contributed by atoms with van der Waals surface area (Å²) < 4.78 is 0. The molecule has 16 heavy (non-hydrogen) atoms. The molecule has 0 aliphatic heterocycles. The fourth-order valence-electron chi connectivity index (χ4n) is 2.43. The van der Waals surface area contributed by atoms with Gasteiger partial charge in [-0.15, -0.1) is 6.42 Å². The fourth-order valence-corrected chi connectivity index (χ4v) is 2.43. The molecule has 1 fully saturated rings. The van der Waals surface area contributed by atoms with Crippen molar-refractivity contribution in [3.63, 3.8) is 0 Å². The maximum absolute atomic E-state index is 11.5. The first kappa shape index (κ1) is 12.6. The van der Waals surface area contributed by atoms with E-state index in [9.17, 15) is 9.59 Å². The van der Waals surface area contributed by atoms with E-state index in [-0.39, 0.29) is 6.42 Å². The van der Waals surface area contributed by atoms with E-state index in [2.05, 4.69) is 5.92 Å². The lowest BCUT2D eigenvalue weighted by molar-refractivity contribution is -0.143. The second-order valence-corrected chi connectivity index (χ2v) is 4.36. The Balaban J connectivity index is 2.89. The minimum atomic E-state index is -0.876. The molecule has 0 spiro atoms. The number of carbonyl (C=O) groups excluding carboxylic acids is 1. The number of rotatable bonds is 3. The van der Waals surface area contributed by atoms with E-state index in [1.807, 2.05) is 0 Å². The van der Waals surface area contributed by atoms with Crippen molar-refractivity contribution >= 4 is 11.9 Å². The number of amides is 1. The molecular weight excluding hydrogens is 206 g/mol. The second-order valence-electron chi connectivity index (χ2n) is 4.36. The number of carboxylic acids is 1. The topological polar surface area (TPSA) is 57.6 Å². The van der Waals surface area contributed by atoms with Gasteiger partial charge in [0.25, 0.3) is 5.91 Å². The van der Waals surface area contributed by atoms with Crippen molar-refractivity contribution in [1.29, 1.82) is 0 Å². The van der Waals surface area contributed by atoms with Crippen molar-refractivity contribution in [3.05, 3.63) is 0 Å². The van der Waals surface area contributed by atoms with Gasteiger partial charge < -0.3 is 10.0 Å². The van der Waals surface area contributed by atoms with Crippen molar-refractivity contribution in [2.24, 2.45) is 0 Å². The first-order valence-corrected chi connectivity index (χ1v) is 5.48. The van der Waals surface area contributed by atoms with Gasteiger partial charge in [0, 0.05) is 7.05 Å². The molecule has 0 aromatic rings. The molecule has 1 saturated carbocycles. The van der Waals surface area contributed by atoms with Gasteiger partial charge >= 0.3 is 5.97 Å². The Bertz CT molecular complexity index is 324. The monoisotopic (exact) mass is 223 g/mol. The van der Waals surface area contributed by atoms with Gasteiger partial charge in [0.2, 0.25) is 0 Å². The van der Waals surface area contributed by atoms with Crippen LogP contribution >= 0.6 is 0 Å². The molecule has 0 aromatic carbocycles. The highest BCUT2D eigenvalue weighted by atomic mass is 16.4. The number of terminal acetylenes is 1. The lowest BCUT2D eigenvalue weighted by atomic mass is 9.78. The predicted octanol–water partition coefficient (Wildman–Crippen LogP) is 1.26. The van der Waals surface area contributed by atoms with Crippen LogP contribution in [0.25, 0.3) is 0 Å². The quantitative estimate of drug-likeness (QED) is 0.733. The molecule has 1 aliphatic rings. The first-order chi connectivity index (χ1) is 7.52. The molecule has 0 atom stereocenters. The highest BCUT2D eigenvalue weighted by Crippen LogP contribution is 2.35. The Hall–Kier alpha value is -1.50. The fraction of sp³-hybridized carbons (Fsp3) is 0.667. The summed E-state index contributed by atoms with van der Waals surface area (Å²) in [5, 5.41) is 8.94. The van der Waals surface area contributed by atoms with Gasteiger partial charge in [0.05, 0.1) is 12.0 Å². The van der Waals surface area contributed by atoms with Crippen LogP contribution in [0.2, 0.25) is 0 Å². The Morgan fingerprint density at radius 2 is 1.94 bits per heavy atom. The minimum absolute atomic E-state index is 0.0169. The number of carbonyl (C=O) groups is 2. The van der Waals surface area contributed by atoms with E-state index >= 15 is 0 Å². The smallest absolute Gasteiger partial charge is 0.305 e. The molecule has 1 N–H and O–H groups in total. The highest BCUT2D eigenvalue weighted by molar-refractivity contribution is 5.93. The predicted molar refractivity (Wildman–Crippen MR) is 59.7 cm³/mol.